The van der Waals surface area contributed by atoms with Gasteiger partial charge in [0.25, 0.3) is 5.91 Å². The summed E-state index contributed by atoms with van der Waals surface area (Å²) in [6, 6.07) is 15.8. The molecular formula is C20H24ClN3O3S. The Hall–Kier alpha value is -2.19. The van der Waals surface area contributed by atoms with Crippen LogP contribution in [-0.4, -0.2) is 44.9 Å². The molecule has 8 heteroatoms. The zero-order chi connectivity index (χ0) is 19.4. The second-order valence-corrected chi connectivity index (χ2v) is 8.33. The average Bonchev–Trinajstić information content (AvgIpc) is 3.08. The fraction of sp³-hybridized carbons (Fsp3) is 0.250. The summed E-state index contributed by atoms with van der Waals surface area (Å²) in [5, 5.41) is 0. The van der Waals surface area contributed by atoms with E-state index in [1.807, 2.05) is 30.3 Å². The van der Waals surface area contributed by atoms with Crippen LogP contribution in [0.1, 0.15) is 21.8 Å². The number of likely N-dealkylation sites (tertiary alicyclic amines) is 1. The Morgan fingerprint density at radius 3 is 2.57 bits per heavy atom. The highest BCUT2D eigenvalue weighted by molar-refractivity contribution is 7.89. The van der Waals surface area contributed by atoms with Gasteiger partial charge < -0.3 is 10.6 Å². The molecule has 3 rings (SSSR count). The Labute approximate surface area is 171 Å². The minimum Gasteiger partial charge on any atom is -0.336 e. The molecule has 1 amide bonds. The van der Waals surface area contributed by atoms with Crippen LogP contribution < -0.4 is 10.5 Å². The number of rotatable bonds is 6. The van der Waals surface area contributed by atoms with Crippen molar-refractivity contribution in [3.05, 3.63) is 78.4 Å². The zero-order valence-corrected chi connectivity index (χ0v) is 17.0. The summed E-state index contributed by atoms with van der Waals surface area (Å²) in [6.45, 7) is 4.56. The molecule has 6 nitrogen and oxygen atoms in total. The van der Waals surface area contributed by atoms with Gasteiger partial charge in [-0.3, -0.25) is 4.79 Å². The van der Waals surface area contributed by atoms with E-state index in [4.69, 9.17) is 5.73 Å². The first-order valence-electron chi connectivity index (χ1n) is 8.73. The molecule has 2 aromatic carbocycles. The van der Waals surface area contributed by atoms with E-state index in [-0.39, 0.29) is 41.7 Å². The van der Waals surface area contributed by atoms with Crippen LogP contribution in [0.4, 0.5) is 0 Å². The number of hydrogen-bond acceptors (Lipinski definition) is 4. The van der Waals surface area contributed by atoms with Gasteiger partial charge in [0, 0.05) is 37.2 Å². The van der Waals surface area contributed by atoms with Gasteiger partial charge in [-0.1, -0.05) is 42.5 Å². The van der Waals surface area contributed by atoms with Crippen LogP contribution in [0.15, 0.2) is 72.1 Å². The number of amides is 1. The molecule has 2 atom stereocenters. The maximum absolute atomic E-state index is 12.9. The van der Waals surface area contributed by atoms with Crippen molar-refractivity contribution in [2.45, 2.75) is 16.9 Å². The first-order valence-corrected chi connectivity index (χ1v) is 10.2. The van der Waals surface area contributed by atoms with Crippen molar-refractivity contribution in [2.75, 3.05) is 19.6 Å². The maximum atomic E-state index is 12.9. The average molecular weight is 422 g/mol. The Balaban J connectivity index is 0.00000280. The quantitative estimate of drug-likeness (QED) is 0.699. The molecule has 2 aromatic rings. The molecular weight excluding hydrogens is 398 g/mol. The Morgan fingerprint density at radius 2 is 1.89 bits per heavy atom. The lowest BCUT2D eigenvalue weighted by atomic mass is 9.95. The molecule has 150 valence electrons. The third-order valence-electron chi connectivity index (χ3n) is 4.69. The van der Waals surface area contributed by atoms with E-state index in [1.165, 1.54) is 18.2 Å². The number of sulfonamides is 1. The number of nitrogens with one attached hydrogen (secondary N) is 1. The van der Waals surface area contributed by atoms with Gasteiger partial charge in [0.15, 0.2) is 0 Å². The van der Waals surface area contributed by atoms with Crippen LogP contribution in [0.5, 0.6) is 0 Å². The third-order valence-corrected chi connectivity index (χ3v) is 6.11. The Bertz CT molecular complexity index is 935. The molecule has 0 spiro atoms. The van der Waals surface area contributed by atoms with E-state index in [2.05, 4.69) is 11.3 Å². The van der Waals surface area contributed by atoms with Crippen LogP contribution in [0.2, 0.25) is 0 Å². The minimum absolute atomic E-state index is 0. The molecule has 28 heavy (non-hydrogen) atoms. The Kier molecular flexibility index (Phi) is 7.37. The Morgan fingerprint density at radius 1 is 1.18 bits per heavy atom. The molecule has 0 unspecified atom stereocenters. The van der Waals surface area contributed by atoms with Gasteiger partial charge in [0.2, 0.25) is 10.0 Å². The lowest BCUT2D eigenvalue weighted by molar-refractivity contribution is 0.0789. The fourth-order valence-corrected chi connectivity index (χ4v) is 4.32. The predicted octanol–water partition coefficient (Wildman–Crippen LogP) is 2.14. The van der Waals surface area contributed by atoms with Gasteiger partial charge >= 0.3 is 0 Å². The molecule has 0 aliphatic carbocycles. The van der Waals surface area contributed by atoms with Crippen LogP contribution >= 0.6 is 12.4 Å². The van der Waals surface area contributed by atoms with E-state index in [0.29, 0.717) is 18.7 Å². The summed E-state index contributed by atoms with van der Waals surface area (Å²) < 4.78 is 27.0. The number of carbonyl (C=O) groups is 1. The molecule has 1 aliphatic heterocycles. The maximum Gasteiger partial charge on any atom is 0.253 e. The molecule has 3 N–H and O–H groups in total. The lowest BCUT2D eigenvalue weighted by Crippen LogP contribution is -2.32. The van der Waals surface area contributed by atoms with E-state index in [9.17, 15) is 13.2 Å². The number of nitrogens with two attached hydrogens (primary N) is 1. The summed E-state index contributed by atoms with van der Waals surface area (Å²) in [5.41, 5.74) is 7.70. The van der Waals surface area contributed by atoms with Gasteiger partial charge in [-0.2, -0.15) is 0 Å². The normalized spacial score (nSPS) is 19.1. The summed E-state index contributed by atoms with van der Waals surface area (Å²) in [5.74, 6) is -0.152. The summed E-state index contributed by atoms with van der Waals surface area (Å²) in [7, 11) is -3.68. The predicted molar refractivity (Wildman–Crippen MR) is 112 cm³/mol. The number of hydrogen-bond donors (Lipinski definition) is 2. The van der Waals surface area contributed by atoms with Crippen molar-refractivity contribution < 1.29 is 13.2 Å². The van der Waals surface area contributed by atoms with Crippen LogP contribution in [-0.2, 0) is 10.0 Å². The number of carbonyl (C=O) groups excluding carboxylic acids is 1. The van der Waals surface area contributed by atoms with Gasteiger partial charge in [-0.25, -0.2) is 13.1 Å². The fourth-order valence-electron chi connectivity index (χ4n) is 3.28. The van der Waals surface area contributed by atoms with Crippen LogP contribution in [0.25, 0.3) is 0 Å². The summed E-state index contributed by atoms with van der Waals surface area (Å²) in [4.78, 5) is 14.6. The van der Waals surface area contributed by atoms with Crippen LogP contribution in [0.3, 0.4) is 0 Å². The van der Waals surface area contributed by atoms with E-state index in [0.717, 1.165) is 5.56 Å². The molecule has 1 saturated heterocycles. The molecule has 0 saturated carbocycles. The van der Waals surface area contributed by atoms with Crippen LogP contribution in [0, 0.1) is 0 Å². The van der Waals surface area contributed by atoms with Crippen molar-refractivity contribution in [3.8, 4) is 0 Å². The minimum atomic E-state index is -3.68. The second-order valence-electron chi connectivity index (χ2n) is 6.56. The SMILES string of the molecule is C=CCNS(=O)(=O)c1cccc(C(=O)N2C[C@@H](N)[C@H](c3ccccc3)C2)c1.Cl. The largest absolute Gasteiger partial charge is 0.336 e. The summed E-state index contributed by atoms with van der Waals surface area (Å²) in [6.07, 6.45) is 1.46. The summed E-state index contributed by atoms with van der Waals surface area (Å²) >= 11 is 0. The monoisotopic (exact) mass is 421 g/mol. The second kappa shape index (κ2) is 9.34. The molecule has 0 bridgehead atoms. The highest BCUT2D eigenvalue weighted by atomic mass is 35.5. The standard InChI is InChI=1S/C20H23N3O3S.ClH/c1-2-11-22-27(25,26)17-10-6-9-16(12-17)20(24)23-13-18(19(21)14-23)15-7-4-3-5-8-15;/h2-10,12,18-19,22H,1,11,13-14,21H2;1H/t18-,19+;/m0./s1. The van der Waals surface area contributed by atoms with Crippen molar-refractivity contribution in [3.63, 3.8) is 0 Å². The van der Waals surface area contributed by atoms with E-state index < -0.39 is 10.0 Å². The van der Waals surface area contributed by atoms with Gasteiger partial charge in [0.1, 0.15) is 0 Å². The van der Waals surface area contributed by atoms with Crippen molar-refractivity contribution in [1.29, 1.82) is 0 Å². The van der Waals surface area contributed by atoms with E-state index >= 15 is 0 Å². The number of nitrogens with zero attached hydrogens (tertiary/aromatic N) is 1. The van der Waals surface area contributed by atoms with Gasteiger partial charge in [0.05, 0.1) is 4.90 Å². The van der Waals surface area contributed by atoms with Crippen molar-refractivity contribution >= 4 is 28.3 Å². The number of halogens is 1. The lowest BCUT2D eigenvalue weighted by Gasteiger charge is -2.17. The molecule has 1 fully saturated rings. The van der Waals surface area contributed by atoms with Gasteiger partial charge in [-0.15, -0.1) is 19.0 Å². The smallest absolute Gasteiger partial charge is 0.253 e. The van der Waals surface area contributed by atoms with E-state index in [1.54, 1.807) is 17.0 Å². The highest BCUT2D eigenvalue weighted by Gasteiger charge is 2.34. The molecule has 0 radical (unpaired) electrons. The first-order chi connectivity index (χ1) is 12.9. The molecule has 0 aromatic heterocycles. The number of benzene rings is 2. The molecule has 1 aliphatic rings. The van der Waals surface area contributed by atoms with Crippen molar-refractivity contribution in [2.24, 2.45) is 5.73 Å². The third kappa shape index (κ3) is 4.80. The zero-order valence-electron chi connectivity index (χ0n) is 15.3. The van der Waals surface area contributed by atoms with Gasteiger partial charge in [-0.05, 0) is 23.8 Å². The topological polar surface area (TPSA) is 92.5 Å². The first kappa shape index (κ1) is 22.1. The molecule has 1 heterocycles. The highest BCUT2D eigenvalue weighted by Crippen LogP contribution is 2.27. The van der Waals surface area contributed by atoms with Crippen molar-refractivity contribution in [1.82, 2.24) is 9.62 Å².